The molecule has 110 valence electrons. The summed E-state index contributed by atoms with van der Waals surface area (Å²) in [7, 11) is 0. The van der Waals surface area contributed by atoms with Gasteiger partial charge in [0, 0.05) is 5.39 Å². The lowest BCUT2D eigenvalue weighted by molar-refractivity contribution is 0.102. The fourth-order valence-corrected chi connectivity index (χ4v) is 2.06. The van der Waals surface area contributed by atoms with Crippen molar-refractivity contribution < 1.29 is 13.6 Å². The third-order valence-corrected chi connectivity index (χ3v) is 3.15. The zero-order valence-electron chi connectivity index (χ0n) is 11.3. The van der Waals surface area contributed by atoms with Crippen LogP contribution < -0.4 is 16.7 Å². The summed E-state index contributed by atoms with van der Waals surface area (Å²) in [5.74, 6) is -1.18. The lowest BCUT2D eigenvalue weighted by Crippen LogP contribution is -2.21. The Bertz CT molecular complexity index is 934. The molecule has 0 saturated heterocycles. The standard InChI is InChI=1S/C16H11FN2O3/c17-10-5-6-13(12(18)8-10)19-15(20)11-7-9-3-1-2-4-14(9)22-16(11)21/h1-8H,18H2,(H,19,20). The summed E-state index contributed by atoms with van der Waals surface area (Å²) in [6, 6.07) is 11.9. The fraction of sp³-hybridized carbons (Fsp3) is 0. The van der Waals surface area contributed by atoms with Gasteiger partial charge in [0.2, 0.25) is 0 Å². The average molecular weight is 298 g/mol. The van der Waals surface area contributed by atoms with Gasteiger partial charge in [-0.2, -0.15) is 0 Å². The minimum absolute atomic E-state index is 0.0681. The maximum Gasteiger partial charge on any atom is 0.349 e. The quantitative estimate of drug-likeness (QED) is 0.562. The topological polar surface area (TPSA) is 85.3 Å². The minimum Gasteiger partial charge on any atom is -0.422 e. The first kappa shape index (κ1) is 13.8. The second kappa shape index (κ2) is 5.33. The number of para-hydroxylation sites is 1. The molecular formula is C16H11FN2O3. The van der Waals surface area contributed by atoms with Crippen molar-refractivity contribution in [2.75, 3.05) is 11.1 Å². The van der Waals surface area contributed by atoms with Crippen molar-refractivity contribution in [3.05, 3.63) is 70.3 Å². The van der Waals surface area contributed by atoms with Crippen molar-refractivity contribution in [1.82, 2.24) is 0 Å². The van der Waals surface area contributed by atoms with Crippen LogP contribution in [0.3, 0.4) is 0 Å². The van der Waals surface area contributed by atoms with Gasteiger partial charge in [0.05, 0.1) is 11.4 Å². The minimum atomic E-state index is -0.753. The number of halogens is 1. The van der Waals surface area contributed by atoms with E-state index < -0.39 is 17.3 Å². The molecule has 0 radical (unpaired) electrons. The number of amides is 1. The van der Waals surface area contributed by atoms with E-state index in [9.17, 15) is 14.0 Å². The molecule has 3 rings (SSSR count). The van der Waals surface area contributed by atoms with E-state index in [0.29, 0.717) is 11.0 Å². The van der Waals surface area contributed by atoms with Gasteiger partial charge < -0.3 is 15.5 Å². The molecule has 0 aliphatic carbocycles. The molecule has 1 amide bonds. The van der Waals surface area contributed by atoms with Crippen LogP contribution in [0.25, 0.3) is 11.0 Å². The molecule has 1 aromatic heterocycles. The highest BCUT2D eigenvalue weighted by molar-refractivity contribution is 6.06. The van der Waals surface area contributed by atoms with Gasteiger partial charge in [-0.3, -0.25) is 4.79 Å². The Labute approximate surface area is 124 Å². The van der Waals surface area contributed by atoms with Crippen LogP contribution in [0, 0.1) is 5.82 Å². The molecule has 22 heavy (non-hydrogen) atoms. The number of nitrogen functional groups attached to an aromatic ring is 1. The first-order valence-electron chi connectivity index (χ1n) is 6.44. The Morgan fingerprint density at radius 3 is 2.68 bits per heavy atom. The van der Waals surface area contributed by atoms with E-state index in [2.05, 4.69) is 5.32 Å². The van der Waals surface area contributed by atoms with Gasteiger partial charge in [0.15, 0.2) is 0 Å². The van der Waals surface area contributed by atoms with Crippen LogP contribution in [-0.2, 0) is 0 Å². The van der Waals surface area contributed by atoms with E-state index in [1.807, 2.05) is 0 Å². The summed E-state index contributed by atoms with van der Waals surface area (Å²) in [4.78, 5) is 24.1. The van der Waals surface area contributed by atoms with Crippen LogP contribution in [0.15, 0.2) is 57.7 Å². The Kier molecular flexibility index (Phi) is 3.34. The molecule has 2 aromatic carbocycles. The molecule has 0 bridgehead atoms. The summed E-state index contributed by atoms with van der Waals surface area (Å²) < 4.78 is 18.1. The Morgan fingerprint density at radius 2 is 1.91 bits per heavy atom. The van der Waals surface area contributed by atoms with Crippen molar-refractivity contribution in [3.8, 4) is 0 Å². The zero-order valence-corrected chi connectivity index (χ0v) is 11.3. The zero-order chi connectivity index (χ0) is 15.7. The van der Waals surface area contributed by atoms with Gasteiger partial charge in [-0.1, -0.05) is 18.2 Å². The van der Waals surface area contributed by atoms with Crippen molar-refractivity contribution >= 4 is 28.3 Å². The molecule has 3 aromatic rings. The fourth-order valence-electron chi connectivity index (χ4n) is 2.06. The molecule has 0 aliphatic rings. The number of hydrogen-bond donors (Lipinski definition) is 2. The van der Waals surface area contributed by atoms with Crippen LogP contribution in [-0.4, -0.2) is 5.91 Å². The van der Waals surface area contributed by atoms with E-state index in [1.165, 1.54) is 12.1 Å². The summed E-state index contributed by atoms with van der Waals surface area (Å²) in [5.41, 5.74) is 5.40. The highest BCUT2D eigenvalue weighted by Crippen LogP contribution is 2.20. The number of hydrogen-bond acceptors (Lipinski definition) is 4. The van der Waals surface area contributed by atoms with Crippen molar-refractivity contribution in [2.45, 2.75) is 0 Å². The molecule has 0 unspecified atom stereocenters. The molecule has 3 N–H and O–H groups in total. The molecular weight excluding hydrogens is 287 g/mol. The predicted octanol–water partition coefficient (Wildman–Crippen LogP) is 2.77. The second-order valence-electron chi connectivity index (χ2n) is 4.67. The molecule has 0 atom stereocenters. The number of fused-ring (bicyclic) bond motifs is 1. The van der Waals surface area contributed by atoms with E-state index in [4.69, 9.17) is 10.2 Å². The Hall–Kier alpha value is -3.15. The summed E-state index contributed by atoms with van der Waals surface area (Å²) in [6.45, 7) is 0. The average Bonchev–Trinajstić information content (AvgIpc) is 2.49. The van der Waals surface area contributed by atoms with E-state index in [1.54, 1.807) is 24.3 Å². The largest absolute Gasteiger partial charge is 0.422 e. The highest BCUT2D eigenvalue weighted by Gasteiger charge is 2.15. The van der Waals surface area contributed by atoms with Crippen LogP contribution >= 0.6 is 0 Å². The van der Waals surface area contributed by atoms with E-state index >= 15 is 0 Å². The second-order valence-corrected chi connectivity index (χ2v) is 4.67. The Morgan fingerprint density at radius 1 is 1.14 bits per heavy atom. The number of anilines is 2. The number of nitrogens with one attached hydrogen (secondary N) is 1. The third-order valence-electron chi connectivity index (χ3n) is 3.15. The Balaban J connectivity index is 1.98. The maximum absolute atomic E-state index is 13.0. The monoisotopic (exact) mass is 298 g/mol. The van der Waals surface area contributed by atoms with Gasteiger partial charge >= 0.3 is 5.63 Å². The molecule has 5 nitrogen and oxygen atoms in total. The van der Waals surface area contributed by atoms with Crippen LogP contribution in [0.1, 0.15) is 10.4 Å². The van der Waals surface area contributed by atoms with Crippen LogP contribution in [0.4, 0.5) is 15.8 Å². The van der Waals surface area contributed by atoms with Crippen molar-refractivity contribution in [3.63, 3.8) is 0 Å². The normalized spacial score (nSPS) is 10.6. The van der Waals surface area contributed by atoms with Gasteiger partial charge in [0.1, 0.15) is 17.0 Å². The molecule has 0 saturated carbocycles. The van der Waals surface area contributed by atoms with Gasteiger partial charge in [-0.15, -0.1) is 0 Å². The highest BCUT2D eigenvalue weighted by atomic mass is 19.1. The maximum atomic E-state index is 13.0. The molecule has 0 aliphatic heterocycles. The summed E-state index contributed by atoms with van der Waals surface area (Å²) in [5, 5.41) is 3.09. The number of carbonyl (C=O) groups excluding carboxylic acids is 1. The first-order valence-corrected chi connectivity index (χ1v) is 6.44. The first-order chi connectivity index (χ1) is 10.5. The molecule has 0 spiro atoms. The molecule has 6 heteroatoms. The SMILES string of the molecule is Nc1cc(F)ccc1NC(=O)c1cc2ccccc2oc1=O. The number of benzene rings is 2. The predicted molar refractivity (Wildman–Crippen MR) is 81.2 cm³/mol. The van der Waals surface area contributed by atoms with Crippen molar-refractivity contribution in [2.24, 2.45) is 0 Å². The van der Waals surface area contributed by atoms with Gasteiger partial charge in [-0.25, -0.2) is 9.18 Å². The van der Waals surface area contributed by atoms with E-state index in [0.717, 1.165) is 12.1 Å². The lowest BCUT2D eigenvalue weighted by Gasteiger charge is -2.08. The summed E-state index contributed by atoms with van der Waals surface area (Å²) >= 11 is 0. The lowest BCUT2D eigenvalue weighted by atomic mass is 10.1. The van der Waals surface area contributed by atoms with Gasteiger partial charge in [0.25, 0.3) is 5.91 Å². The van der Waals surface area contributed by atoms with Crippen LogP contribution in [0.2, 0.25) is 0 Å². The molecule has 0 fully saturated rings. The third kappa shape index (κ3) is 2.54. The van der Waals surface area contributed by atoms with Crippen molar-refractivity contribution in [1.29, 1.82) is 0 Å². The van der Waals surface area contributed by atoms with E-state index in [-0.39, 0.29) is 16.9 Å². The number of carbonyl (C=O) groups is 1. The van der Waals surface area contributed by atoms with Crippen LogP contribution in [0.5, 0.6) is 0 Å². The van der Waals surface area contributed by atoms with Gasteiger partial charge in [-0.05, 0) is 30.3 Å². The smallest absolute Gasteiger partial charge is 0.349 e. The number of rotatable bonds is 2. The number of nitrogens with two attached hydrogens (primary N) is 1. The summed E-state index contributed by atoms with van der Waals surface area (Å²) in [6.07, 6.45) is 0. The molecule has 1 heterocycles.